The van der Waals surface area contributed by atoms with Gasteiger partial charge in [-0.3, -0.25) is 14.3 Å². The van der Waals surface area contributed by atoms with Crippen molar-refractivity contribution in [2.45, 2.75) is 50.4 Å². The summed E-state index contributed by atoms with van der Waals surface area (Å²) in [4.78, 5) is 19.1. The normalized spacial score (nSPS) is 16.6. The monoisotopic (exact) mass is 421 g/mol. The number of pyridine rings is 1. The molecule has 7 heteroatoms. The summed E-state index contributed by atoms with van der Waals surface area (Å²) in [6.45, 7) is 3.70. The molecule has 1 unspecified atom stereocenters. The topological polar surface area (TPSA) is 63.9 Å². The van der Waals surface area contributed by atoms with E-state index in [1.54, 1.807) is 12.4 Å². The average molecular weight is 422 g/mol. The molecule has 2 aromatic heterocycles. The maximum absolute atomic E-state index is 12.9. The first-order valence-corrected chi connectivity index (χ1v) is 11.5. The van der Waals surface area contributed by atoms with Gasteiger partial charge in [0.2, 0.25) is 5.91 Å². The molecule has 4 rings (SSSR count). The largest absolute Gasteiger partial charge is 0.339 e. The van der Waals surface area contributed by atoms with Crippen molar-refractivity contribution in [1.29, 1.82) is 0 Å². The van der Waals surface area contributed by atoms with Gasteiger partial charge in [0.15, 0.2) is 11.0 Å². The van der Waals surface area contributed by atoms with Gasteiger partial charge >= 0.3 is 0 Å². The number of likely N-dealkylation sites (tertiary alicyclic amines) is 1. The van der Waals surface area contributed by atoms with E-state index < -0.39 is 0 Å². The third kappa shape index (κ3) is 4.73. The number of benzene rings is 1. The molecule has 0 aliphatic carbocycles. The lowest BCUT2D eigenvalue weighted by molar-refractivity contribution is -0.132. The summed E-state index contributed by atoms with van der Waals surface area (Å²) in [6.07, 6.45) is 7.97. The zero-order valence-electron chi connectivity index (χ0n) is 17.3. The predicted octanol–water partition coefficient (Wildman–Crippen LogP) is 4.27. The number of hydrogen-bond acceptors (Lipinski definition) is 5. The van der Waals surface area contributed by atoms with Crippen LogP contribution in [0, 0.1) is 0 Å². The van der Waals surface area contributed by atoms with Crippen LogP contribution in [0.1, 0.15) is 38.2 Å². The molecular formula is C23H27N5OS. The predicted molar refractivity (Wildman–Crippen MR) is 119 cm³/mol. The maximum atomic E-state index is 12.9. The molecule has 30 heavy (non-hydrogen) atoms. The van der Waals surface area contributed by atoms with Crippen LogP contribution in [0.5, 0.6) is 0 Å². The second-order valence-electron chi connectivity index (χ2n) is 7.55. The average Bonchev–Trinajstić information content (AvgIpc) is 3.21. The van der Waals surface area contributed by atoms with Gasteiger partial charge in [-0.25, -0.2) is 0 Å². The third-order valence-corrected chi connectivity index (χ3v) is 6.53. The van der Waals surface area contributed by atoms with Crippen molar-refractivity contribution < 1.29 is 4.79 Å². The van der Waals surface area contributed by atoms with Gasteiger partial charge in [0.05, 0.1) is 12.3 Å². The number of thioether (sulfide) groups is 1. The number of aromatic nitrogens is 4. The van der Waals surface area contributed by atoms with E-state index in [-0.39, 0.29) is 5.91 Å². The molecule has 3 aromatic rings. The Morgan fingerprint density at radius 1 is 1.10 bits per heavy atom. The van der Waals surface area contributed by atoms with Crippen molar-refractivity contribution in [1.82, 2.24) is 24.6 Å². The lowest BCUT2D eigenvalue weighted by Gasteiger charge is -2.35. The zero-order valence-corrected chi connectivity index (χ0v) is 18.1. The molecule has 1 aliphatic heterocycles. The van der Waals surface area contributed by atoms with Crippen LogP contribution in [-0.2, 0) is 11.3 Å². The summed E-state index contributed by atoms with van der Waals surface area (Å²) >= 11 is 1.48. The molecule has 0 bridgehead atoms. The minimum atomic E-state index is 0.200. The third-order valence-electron chi connectivity index (χ3n) is 5.58. The van der Waals surface area contributed by atoms with Gasteiger partial charge in [0.25, 0.3) is 0 Å². The van der Waals surface area contributed by atoms with Gasteiger partial charge in [-0.2, -0.15) is 0 Å². The molecule has 0 radical (unpaired) electrons. The standard InChI is InChI=1S/C23H27N5OS/c1-2-20-10-6-7-15-27(20)21(29)17-30-23-26-25-22(19-11-13-24-14-12-19)28(23)16-18-8-4-3-5-9-18/h3-5,8-9,11-14,20H,2,6-7,10,15-17H2,1H3. The van der Waals surface area contributed by atoms with Gasteiger partial charge in [0, 0.05) is 30.5 Å². The molecule has 1 aliphatic rings. The van der Waals surface area contributed by atoms with Crippen LogP contribution in [0.15, 0.2) is 60.0 Å². The second kappa shape index (κ2) is 9.89. The minimum absolute atomic E-state index is 0.200. The van der Waals surface area contributed by atoms with E-state index in [4.69, 9.17) is 0 Å². The summed E-state index contributed by atoms with van der Waals surface area (Å²) in [7, 11) is 0. The molecular weight excluding hydrogens is 394 g/mol. The molecule has 1 amide bonds. The number of piperidine rings is 1. The highest BCUT2D eigenvalue weighted by atomic mass is 32.2. The second-order valence-corrected chi connectivity index (χ2v) is 8.49. The molecule has 1 fully saturated rings. The molecule has 3 heterocycles. The van der Waals surface area contributed by atoms with E-state index in [9.17, 15) is 4.79 Å². The zero-order chi connectivity index (χ0) is 20.8. The lowest BCUT2D eigenvalue weighted by atomic mass is 10.0. The first-order chi connectivity index (χ1) is 14.8. The SMILES string of the molecule is CCC1CCCCN1C(=O)CSc1nnc(-c2ccncc2)n1Cc1ccccc1. The number of carbonyl (C=O) groups is 1. The van der Waals surface area contributed by atoms with Gasteiger partial charge < -0.3 is 4.90 Å². The fourth-order valence-electron chi connectivity index (χ4n) is 3.98. The van der Waals surface area contributed by atoms with Crippen molar-refractivity contribution in [2.75, 3.05) is 12.3 Å². The summed E-state index contributed by atoms with van der Waals surface area (Å²) in [5.74, 6) is 1.38. The number of amides is 1. The van der Waals surface area contributed by atoms with E-state index in [0.29, 0.717) is 18.3 Å². The molecule has 0 spiro atoms. The van der Waals surface area contributed by atoms with Gasteiger partial charge in [0.1, 0.15) is 0 Å². The van der Waals surface area contributed by atoms with Crippen molar-refractivity contribution in [3.8, 4) is 11.4 Å². The van der Waals surface area contributed by atoms with Gasteiger partial charge in [-0.05, 0) is 43.4 Å². The van der Waals surface area contributed by atoms with Crippen LogP contribution in [0.25, 0.3) is 11.4 Å². The molecule has 0 saturated carbocycles. The fraction of sp³-hybridized carbons (Fsp3) is 0.391. The summed E-state index contributed by atoms with van der Waals surface area (Å²) < 4.78 is 2.09. The summed E-state index contributed by atoms with van der Waals surface area (Å²) in [5.41, 5.74) is 2.14. The van der Waals surface area contributed by atoms with Crippen molar-refractivity contribution >= 4 is 17.7 Å². The van der Waals surface area contributed by atoms with E-state index in [0.717, 1.165) is 42.4 Å². The van der Waals surface area contributed by atoms with E-state index in [1.165, 1.54) is 23.7 Å². The Kier molecular flexibility index (Phi) is 6.79. The van der Waals surface area contributed by atoms with Crippen LogP contribution < -0.4 is 0 Å². The molecule has 1 saturated heterocycles. The van der Waals surface area contributed by atoms with Gasteiger partial charge in [-0.15, -0.1) is 10.2 Å². The Hall–Kier alpha value is -2.67. The summed E-state index contributed by atoms with van der Waals surface area (Å²) in [5, 5.41) is 9.64. The van der Waals surface area contributed by atoms with Crippen LogP contribution in [0.3, 0.4) is 0 Å². The van der Waals surface area contributed by atoms with Crippen LogP contribution in [0.2, 0.25) is 0 Å². The number of carbonyl (C=O) groups excluding carboxylic acids is 1. The minimum Gasteiger partial charge on any atom is -0.339 e. The Labute approximate surface area is 181 Å². The number of hydrogen-bond donors (Lipinski definition) is 0. The van der Waals surface area contributed by atoms with E-state index in [2.05, 4.69) is 43.7 Å². The highest BCUT2D eigenvalue weighted by molar-refractivity contribution is 7.99. The van der Waals surface area contributed by atoms with E-state index >= 15 is 0 Å². The van der Waals surface area contributed by atoms with Crippen molar-refractivity contribution in [3.05, 3.63) is 60.4 Å². The first-order valence-electron chi connectivity index (χ1n) is 10.6. The summed E-state index contributed by atoms with van der Waals surface area (Å²) in [6, 6.07) is 14.5. The number of nitrogens with zero attached hydrogens (tertiary/aromatic N) is 5. The van der Waals surface area contributed by atoms with Gasteiger partial charge in [-0.1, -0.05) is 49.0 Å². The Morgan fingerprint density at radius 3 is 2.67 bits per heavy atom. The first kappa shape index (κ1) is 20.6. The molecule has 1 atom stereocenters. The lowest BCUT2D eigenvalue weighted by Crippen LogP contribution is -2.44. The molecule has 0 N–H and O–H groups in total. The molecule has 156 valence electrons. The maximum Gasteiger partial charge on any atom is 0.233 e. The molecule has 6 nitrogen and oxygen atoms in total. The van der Waals surface area contributed by atoms with Crippen LogP contribution >= 0.6 is 11.8 Å². The Morgan fingerprint density at radius 2 is 1.90 bits per heavy atom. The van der Waals surface area contributed by atoms with Crippen molar-refractivity contribution in [3.63, 3.8) is 0 Å². The number of rotatable bonds is 7. The fourth-order valence-corrected chi connectivity index (χ4v) is 4.80. The Balaban J connectivity index is 1.55. The quantitative estimate of drug-likeness (QED) is 0.533. The smallest absolute Gasteiger partial charge is 0.233 e. The Bertz CT molecular complexity index is 960. The van der Waals surface area contributed by atoms with Crippen LogP contribution in [-0.4, -0.2) is 48.9 Å². The highest BCUT2D eigenvalue weighted by Gasteiger charge is 2.26. The molecule has 1 aromatic carbocycles. The van der Waals surface area contributed by atoms with E-state index in [1.807, 2.05) is 30.3 Å². The van der Waals surface area contributed by atoms with Crippen LogP contribution in [0.4, 0.5) is 0 Å². The van der Waals surface area contributed by atoms with Crippen molar-refractivity contribution in [2.24, 2.45) is 0 Å². The highest BCUT2D eigenvalue weighted by Crippen LogP contribution is 2.26.